The molecule has 0 saturated carbocycles. The number of aromatic nitrogens is 1. The van der Waals surface area contributed by atoms with E-state index in [0.29, 0.717) is 12.5 Å². The van der Waals surface area contributed by atoms with Crippen molar-refractivity contribution >= 4 is 5.96 Å². The Labute approximate surface area is 167 Å². The van der Waals surface area contributed by atoms with Gasteiger partial charge in [-0.1, -0.05) is 31.1 Å². The largest absolute Gasteiger partial charge is 0.493 e. The maximum atomic E-state index is 5.57. The number of benzene rings is 1. The zero-order valence-electron chi connectivity index (χ0n) is 17.3. The highest BCUT2D eigenvalue weighted by molar-refractivity contribution is 5.79. The molecule has 0 unspecified atom stereocenters. The van der Waals surface area contributed by atoms with Gasteiger partial charge in [-0.2, -0.15) is 0 Å². The molecule has 0 bridgehead atoms. The van der Waals surface area contributed by atoms with Gasteiger partial charge in [0.15, 0.2) is 11.7 Å². The summed E-state index contributed by atoms with van der Waals surface area (Å²) in [6.45, 7) is 9.35. The highest BCUT2D eigenvalue weighted by atomic mass is 16.5. The molecule has 152 valence electrons. The fourth-order valence-electron chi connectivity index (χ4n) is 3.52. The van der Waals surface area contributed by atoms with Crippen molar-refractivity contribution in [2.75, 3.05) is 19.7 Å². The van der Waals surface area contributed by atoms with Crippen LogP contribution in [-0.4, -0.2) is 30.8 Å². The van der Waals surface area contributed by atoms with Gasteiger partial charge in [0.2, 0.25) is 0 Å². The minimum atomic E-state index is 0.463. The van der Waals surface area contributed by atoms with Crippen molar-refractivity contribution < 1.29 is 9.26 Å². The molecule has 0 atom stereocenters. The number of hydrogen-bond donors (Lipinski definition) is 2. The van der Waals surface area contributed by atoms with E-state index in [-0.39, 0.29) is 0 Å². The normalized spacial score (nSPS) is 13.5. The molecule has 0 amide bonds. The second kappa shape index (κ2) is 10.2. The lowest BCUT2D eigenvalue weighted by Gasteiger charge is -2.11. The lowest BCUT2D eigenvalue weighted by molar-refractivity contribution is 0.357. The minimum absolute atomic E-state index is 0.463. The third-order valence-corrected chi connectivity index (χ3v) is 5.18. The van der Waals surface area contributed by atoms with Gasteiger partial charge in [-0.25, -0.2) is 4.99 Å². The zero-order chi connectivity index (χ0) is 19.8. The summed E-state index contributed by atoms with van der Waals surface area (Å²) >= 11 is 0. The van der Waals surface area contributed by atoms with Gasteiger partial charge in [0.05, 0.1) is 12.3 Å². The Balaban J connectivity index is 1.52. The van der Waals surface area contributed by atoms with E-state index < -0.39 is 0 Å². The van der Waals surface area contributed by atoms with Crippen LogP contribution in [0.15, 0.2) is 33.8 Å². The number of fused-ring (bicyclic) bond motifs is 1. The Morgan fingerprint density at radius 2 is 2.04 bits per heavy atom. The van der Waals surface area contributed by atoms with Crippen LogP contribution in [-0.2, 0) is 19.4 Å². The molecule has 2 N–H and O–H groups in total. The van der Waals surface area contributed by atoms with E-state index in [1.54, 1.807) is 0 Å². The SMILES string of the molecule is CCNC(=NCc1cc(C(CC)CC)no1)NCCc1ccc2c(c1)CCO2. The number of hydrogen-bond acceptors (Lipinski definition) is 4. The summed E-state index contributed by atoms with van der Waals surface area (Å²) in [5.74, 6) is 3.10. The molecule has 1 aliphatic heterocycles. The number of ether oxygens (including phenoxy) is 1. The smallest absolute Gasteiger partial charge is 0.191 e. The van der Waals surface area contributed by atoms with Gasteiger partial charge in [-0.3, -0.25) is 0 Å². The van der Waals surface area contributed by atoms with Crippen molar-refractivity contribution in [3.05, 3.63) is 46.8 Å². The molecule has 1 aliphatic rings. The summed E-state index contributed by atoms with van der Waals surface area (Å²) in [6.07, 6.45) is 4.10. The second-order valence-corrected chi connectivity index (χ2v) is 7.14. The van der Waals surface area contributed by atoms with Gasteiger partial charge in [-0.05, 0) is 43.4 Å². The van der Waals surface area contributed by atoms with Gasteiger partial charge in [0.1, 0.15) is 12.3 Å². The van der Waals surface area contributed by atoms with Crippen LogP contribution >= 0.6 is 0 Å². The number of nitrogens with one attached hydrogen (secondary N) is 2. The first-order valence-corrected chi connectivity index (χ1v) is 10.5. The van der Waals surface area contributed by atoms with E-state index in [1.165, 1.54) is 11.1 Å². The van der Waals surface area contributed by atoms with Crippen molar-refractivity contribution in [2.24, 2.45) is 4.99 Å². The van der Waals surface area contributed by atoms with Crippen LogP contribution in [0.25, 0.3) is 0 Å². The third kappa shape index (κ3) is 5.27. The average molecular weight is 385 g/mol. The van der Waals surface area contributed by atoms with E-state index in [4.69, 9.17) is 9.26 Å². The van der Waals surface area contributed by atoms with E-state index in [2.05, 4.69) is 59.8 Å². The molecule has 0 fully saturated rings. The molecule has 0 radical (unpaired) electrons. The second-order valence-electron chi connectivity index (χ2n) is 7.14. The summed E-state index contributed by atoms with van der Waals surface area (Å²) in [4.78, 5) is 4.64. The van der Waals surface area contributed by atoms with Crippen molar-refractivity contribution in [3.8, 4) is 5.75 Å². The van der Waals surface area contributed by atoms with Gasteiger partial charge < -0.3 is 19.9 Å². The first kappa shape index (κ1) is 20.2. The zero-order valence-corrected chi connectivity index (χ0v) is 17.3. The van der Waals surface area contributed by atoms with Crippen molar-refractivity contribution in [3.63, 3.8) is 0 Å². The monoisotopic (exact) mass is 384 g/mol. The predicted molar refractivity (Wildman–Crippen MR) is 112 cm³/mol. The lowest BCUT2D eigenvalue weighted by atomic mass is 9.99. The Kier molecular flexibility index (Phi) is 7.34. The van der Waals surface area contributed by atoms with Crippen LogP contribution in [0.1, 0.15) is 62.1 Å². The maximum Gasteiger partial charge on any atom is 0.191 e. The van der Waals surface area contributed by atoms with Crippen LogP contribution in [0.2, 0.25) is 0 Å². The topological polar surface area (TPSA) is 71.7 Å². The number of nitrogens with zero attached hydrogens (tertiary/aromatic N) is 2. The summed E-state index contributed by atoms with van der Waals surface area (Å²) < 4.78 is 11.0. The van der Waals surface area contributed by atoms with Gasteiger partial charge >= 0.3 is 0 Å². The van der Waals surface area contributed by atoms with Crippen LogP contribution in [0.3, 0.4) is 0 Å². The summed E-state index contributed by atoms with van der Waals surface area (Å²) in [5, 5.41) is 10.9. The molecule has 0 spiro atoms. The van der Waals surface area contributed by atoms with Crippen molar-refractivity contribution in [1.29, 1.82) is 0 Å². The fourth-order valence-corrected chi connectivity index (χ4v) is 3.52. The molecule has 6 heteroatoms. The van der Waals surface area contributed by atoms with E-state index >= 15 is 0 Å². The molecular weight excluding hydrogens is 352 g/mol. The molecule has 2 aromatic rings. The highest BCUT2D eigenvalue weighted by Gasteiger charge is 2.13. The Hall–Kier alpha value is -2.50. The van der Waals surface area contributed by atoms with E-state index in [0.717, 1.165) is 68.5 Å². The molecule has 2 heterocycles. The van der Waals surface area contributed by atoms with Crippen LogP contribution in [0, 0.1) is 0 Å². The molecule has 0 aliphatic carbocycles. The number of guanidine groups is 1. The molecule has 3 rings (SSSR count). The Morgan fingerprint density at radius 3 is 2.82 bits per heavy atom. The molecule has 1 aromatic heterocycles. The molecule has 6 nitrogen and oxygen atoms in total. The quantitative estimate of drug-likeness (QED) is 0.508. The highest BCUT2D eigenvalue weighted by Crippen LogP contribution is 2.26. The Morgan fingerprint density at radius 1 is 1.18 bits per heavy atom. The van der Waals surface area contributed by atoms with Crippen molar-refractivity contribution in [1.82, 2.24) is 15.8 Å². The predicted octanol–water partition coefficient (Wildman–Crippen LogP) is 3.81. The van der Waals surface area contributed by atoms with Gasteiger partial charge in [0, 0.05) is 31.5 Å². The molecule has 28 heavy (non-hydrogen) atoms. The van der Waals surface area contributed by atoms with E-state index in [9.17, 15) is 0 Å². The molecular formula is C22H32N4O2. The van der Waals surface area contributed by atoms with Gasteiger partial charge in [0.25, 0.3) is 0 Å². The third-order valence-electron chi connectivity index (χ3n) is 5.18. The number of aliphatic imine (C=N–C) groups is 1. The summed E-state index contributed by atoms with van der Waals surface area (Å²) in [5.41, 5.74) is 3.67. The van der Waals surface area contributed by atoms with Crippen molar-refractivity contribution in [2.45, 2.75) is 58.9 Å². The standard InChI is InChI=1S/C22H32N4O2/c1-4-17(5-2)20-14-19(28-26-20)15-25-22(23-6-3)24-11-9-16-7-8-21-18(13-16)10-12-27-21/h7-8,13-14,17H,4-6,9-12,15H2,1-3H3,(H2,23,24,25). The minimum Gasteiger partial charge on any atom is -0.493 e. The van der Waals surface area contributed by atoms with Crippen LogP contribution in [0.4, 0.5) is 0 Å². The summed E-state index contributed by atoms with van der Waals surface area (Å²) in [7, 11) is 0. The van der Waals surface area contributed by atoms with Crippen LogP contribution in [0.5, 0.6) is 5.75 Å². The summed E-state index contributed by atoms with van der Waals surface area (Å²) in [6, 6.07) is 8.52. The first-order chi connectivity index (χ1) is 13.7. The Bertz CT molecular complexity index is 781. The van der Waals surface area contributed by atoms with Gasteiger partial charge in [-0.15, -0.1) is 0 Å². The molecule has 0 saturated heterocycles. The average Bonchev–Trinajstić information content (AvgIpc) is 3.36. The van der Waals surface area contributed by atoms with E-state index in [1.807, 2.05) is 6.07 Å². The molecule has 1 aromatic carbocycles. The maximum absolute atomic E-state index is 5.57. The lowest BCUT2D eigenvalue weighted by Crippen LogP contribution is -2.38. The number of rotatable bonds is 9. The van der Waals surface area contributed by atoms with Crippen LogP contribution < -0.4 is 15.4 Å². The first-order valence-electron chi connectivity index (χ1n) is 10.5. The fraction of sp³-hybridized carbons (Fsp3) is 0.545.